The predicted octanol–water partition coefficient (Wildman–Crippen LogP) is 5.18. The fourth-order valence-electron chi connectivity index (χ4n) is 2.33. The average Bonchev–Trinajstić information content (AvgIpc) is 2.52. The summed E-state index contributed by atoms with van der Waals surface area (Å²) in [6, 6.07) is 7.74. The Morgan fingerprint density at radius 1 is 0.750 bits per heavy atom. The molecule has 0 unspecified atom stereocenters. The van der Waals surface area contributed by atoms with Crippen LogP contribution in [0.15, 0.2) is 60.9 Å². The Hall–Kier alpha value is -2.01. The third-order valence-corrected chi connectivity index (χ3v) is 6.12. The number of benzene rings is 2. The molecule has 2 aromatic carbocycles. The molecule has 0 aliphatic carbocycles. The van der Waals surface area contributed by atoms with E-state index in [0.29, 0.717) is 17.9 Å². The van der Waals surface area contributed by atoms with E-state index < -0.39 is 41.2 Å². The van der Waals surface area contributed by atoms with E-state index in [9.17, 15) is 30.9 Å². The molecule has 8 heteroatoms. The van der Waals surface area contributed by atoms with Crippen molar-refractivity contribution in [2.45, 2.75) is 12.4 Å². The van der Waals surface area contributed by atoms with Crippen LogP contribution in [0.2, 0.25) is 0 Å². The molecule has 0 heterocycles. The quantitative estimate of drug-likeness (QED) is 0.542. The van der Waals surface area contributed by atoms with Crippen molar-refractivity contribution in [3.63, 3.8) is 0 Å². The molecular formula is C16H11F6OP. The fourth-order valence-corrected chi connectivity index (χ4v) is 4.72. The van der Waals surface area contributed by atoms with Crippen LogP contribution in [0.4, 0.5) is 26.3 Å². The van der Waals surface area contributed by atoms with Crippen LogP contribution in [0.5, 0.6) is 0 Å². The van der Waals surface area contributed by atoms with Gasteiger partial charge in [-0.25, -0.2) is 0 Å². The summed E-state index contributed by atoms with van der Waals surface area (Å²) >= 11 is 0. The molecule has 1 nitrogen and oxygen atoms in total. The Balaban J connectivity index is 2.83. The monoisotopic (exact) mass is 364 g/mol. The van der Waals surface area contributed by atoms with Crippen molar-refractivity contribution in [2.75, 3.05) is 0 Å². The Morgan fingerprint density at radius 3 is 1.38 bits per heavy atom. The van der Waals surface area contributed by atoms with E-state index in [1.807, 2.05) is 0 Å². The van der Waals surface area contributed by atoms with Gasteiger partial charge in [0, 0.05) is 10.6 Å². The van der Waals surface area contributed by atoms with Gasteiger partial charge in [0.05, 0.1) is 11.1 Å². The molecule has 2 rings (SSSR count). The molecule has 0 spiro atoms. The molecule has 0 radical (unpaired) electrons. The van der Waals surface area contributed by atoms with Gasteiger partial charge < -0.3 is 4.57 Å². The molecule has 128 valence electrons. The zero-order valence-corrected chi connectivity index (χ0v) is 12.9. The molecule has 0 fully saturated rings. The second kappa shape index (κ2) is 6.13. The van der Waals surface area contributed by atoms with Crippen molar-refractivity contribution >= 4 is 17.8 Å². The summed E-state index contributed by atoms with van der Waals surface area (Å²) in [5.74, 6) is 0.669. The summed E-state index contributed by atoms with van der Waals surface area (Å²) in [4.78, 5) is 0. The number of hydrogen-bond acceptors (Lipinski definition) is 1. The largest absolute Gasteiger partial charge is 0.417 e. The van der Waals surface area contributed by atoms with Crippen molar-refractivity contribution in [1.29, 1.82) is 0 Å². The van der Waals surface area contributed by atoms with Crippen LogP contribution in [0.25, 0.3) is 0 Å². The van der Waals surface area contributed by atoms with E-state index in [1.165, 1.54) is 12.1 Å². The lowest BCUT2D eigenvalue weighted by atomic mass is 10.2. The van der Waals surface area contributed by atoms with Gasteiger partial charge in [-0.1, -0.05) is 43.0 Å². The summed E-state index contributed by atoms with van der Waals surface area (Å²) in [5.41, 5.74) is -2.49. The Labute approximate surface area is 134 Å². The smallest absolute Gasteiger partial charge is 0.309 e. The molecule has 0 bridgehead atoms. The van der Waals surface area contributed by atoms with Gasteiger partial charge in [-0.15, -0.1) is 0 Å². The van der Waals surface area contributed by atoms with Crippen LogP contribution >= 0.6 is 7.14 Å². The molecule has 0 saturated heterocycles. The number of rotatable bonds is 3. The maximum atomic E-state index is 13.2. The standard InChI is InChI=1S/C16H11F6OP/c1-2-24(23,13-9-5-3-7-11(13)15(17,18)19)14-10-6-4-8-12(14)16(20,21)22/h2-10H,1H2. The van der Waals surface area contributed by atoms with Gasteiger partial charge in [-0.3, -0.25) is 0 Å². The van der Waals surface area contributed by atoms with Gasteiger partial charge in [0.1, 0.15) is 0 Å². The zero-order valence-electron chi connectivity index (χ0n) is 12.0. The lowest BCUT2D eigenvalue weighted by molar-refractivity contribution is -0.137. The molecule has 0 amide bonds. The van der Waals surface area contributed by atoms with Crippen LogP contribution in [-0.2, 0) is 16.9 Å². The van der Waals surface area contributed by atoms with E-state index >= 15 is 0 Å². The summed E-state index contributed by atoms with van der Waals surface area (Å²) < 4.78 is 92.3. The maximum absolute atomic E-state index is 13.2. The summed E-state index contributed by atoms with van der Waals surface area (Å²) in [6.45, 7) is 3.23. The minimum absolute atomic E-state index is 0.669. The summed E-state index contributed by atoms with van der Waals surface area (Å²) in [6.07, 6.45) is -9.72. The van der Waals surface area contributed by atoms with Gasteiger partial charge in [-0.2, -0.15) is 26.3 Å². The van der Waals surface area contributed by atoms with E-state index in [1.54, 1.807) is 0 Å². The first kappa shape index (κ1) is 18.3. The highest BCUT2D eigenvalue weighted by Crippen LogP contribution is 2.50. The van der Waals surface area contributed by atoms with Crippen molar-refractivity contribution < 1.29 is 30.9 Å². The molecule has 0 saturated carbocycles. The van der Waals surface area contributed by atoms with Gasteiger partial charge in [0.15, 0.2) is 7.14 Å². The Kier molecular flexibility index (Phi) is 4.68. The first-order valence-corrected chi connectivity index (χ1v) is 8.36. The van der Waals surface area contributed by atoms with Gasteiger partial charge in [-0.05, 0) is 17.9 Å². The molecule has 0 N–H and O–H groups in total. The summed E-state index contributed by atoms with van der Waals surface area (Å²) in [7, 11) is -4.35. The molecule has 24 heavy (non-hydrogen) atoms. The lowest BCUT2D eigenvalue weighted by Gasteiger charge is -2.23. The van der Waals surface area contributed by atoms with Crippen LogP contribution in [-0.4, -0.2) is 0 Å². The predicted molar refractivity (Wildman–Crippen MR) is 80.0 cm³/mol. The van der Waals surface area contributed by atoms with Crippen molar-refractivity contribution in [3.8, 4) is 0 Å². The zero-order chi connectivity index (χ0) is 18.2. The number of hydrogen-bond donors (Lipinski definition) is 0. The van der Waals surface area contributed by atoms with Crippen molar-refractivity contribution in [2.24, 2.45) is 0 Å². The van der Waals surface area contributed by atoms with Gasteiger partial charge in [0.2, 0.25) is 0 Å². The lowest BCUT2D eigenvalue weighted by Crippen LogP contribution is -2.27. The minimum atomic E-state index is -4.86. The van der Waals surface area contributed by atoms with Gasteiger partial charge in [0.25, 0.3) is 0 Å². The normalized spacial score (nSPS) is 12.9. The first-order chi connectivity index (χ1) is 11.0. The number of alkyl halides is 6. The van der Waals surface area contributed by atoms with Crippen molar-refractivity contribution in [3.05, 3.63) is 72.1 Å². The SMILES string of the molecule is C=CP(=O)(c1ccccc1C(F)(F)F)c1ccccc1C(F)(F)F. The van der Waals surface area contributed by atoms with Crippen LogP contribution in [0, 0.1) is 0 Å². The van der Waals surface area contributed by atoms with Crippen molar-refractivity contribution in [1.82, 2.24) is 0 Å². The first-order valence-electron chi connectivity index (χ1n) is 6.58. The minimum Gasteiger partial charge on any atom is -0.309 e. The van der Waals surface area contributed by atoms with Gasteiger partial charge >= 0.3 is 12.4 Å². The molecule has 0 atom stereocenters. The third kappa shape index (κ3) is 3.26. The van der Waals surface area contributed by atoms with Crippen LogP contribution in [0.1, 0.15) is 11.1 Å². The third-order valence-electron chi connectivity index (χ3n) is 3.39. The Bertz CT molecular complexity index is 745. The highest BCUT2D eigenvalue weighted by Gasteiger charge is 2.43. The second-order valence-corrected chi connectivity index (χ2v) is 7.52. The Morgan fingerprint density at radius 2 is 1.08 bits per heavy atom. The van der Waals surface area contributed by atoms with Crippen LogP contribution < -0.4 is 10.6 Å². The molecule has 0 aromatic heterocycles. The molecular weight excluding hydrogens is 353 g/mol. The highest BCUT2D eigenvalue weighted by atomic mass is 31.2. The highest BCUT2D eigenvalue weighted by molar-refractivity contribution is 7.81. The fraction of sp³-hybridized carbons (Fsp3) is 0.125. The number of halogens is 6. The second-order valence-electron chi connectivity index (χ2n) is 4.87. The van der Waals surface area contributed by atoms with Crippen LogP contribution in [0.3, 0.4) is 0 Å². The summed E-state index contributed by atoms with van der Waals surface area (Å²) in [5, 5.41) is -1.44. The topological polar surface area (TPSA) is 17.1 Å². The van der Waals surface area contributed by atoms with E-state index in [-0.39, 0.29) is 0 Å². The van der Waals surface area contributed by atoms with E-state index in [0.717, 1.165) is 24.3 Å². The molecule has 0 aliphatic heterocycles. The average molecular weight is 364 g/mol. The molecule has 0 aliphatic rings. The van der Waals surface area contributed by atoms with E-state index in [2.05, 4.69) is 6.58 Å². The van der Waals surface area contributed by atoms with E-state index in [4.69, 9.17) is 0 Å². The maximum Gasteiger partial charge on any atom is 0.417 e. The molecule has 2 aromatic rings.